The first-order valence-electron chi connectivity index (χ1n) is 9.17. The lowest BCUT2D eigenvalue weighted by atomic mass is 10.1. The fraction of sp³-hybridized carbons (Fsp3) is 0.318. The van der Waals surface area contributed by atoms with Gasteiger partial charge in [0.25, 0.3) is 0 Å². The summed E-state index contributed by atoms with van der Waals surface area (Å²) in [5.74, 6) is 2.44. The molecule has 0 unspecified atom stereocenters. The average Bonchev–Trinajstić information content (AvgIpc) is 2.72. The van der Waals surface area contributed by atoms with Crippen molar-refractivity contribution in [3.63, 3.8) is 0 Å². The molecule has 0 aliphatic rings. The lowest BCUT2D eigenvalue weighted by Crippen LogP contribution is -2.20. The fourth-order valence-corrected chi connectivity index (χ4v) is 2.58. The van der Waals surface area contributed by atoms with Crippen LogP contribution in [0.2, 0.25) is 0 Å². The van der Waals surface area contributed by atoms with Gasteiger partial charge in [-0.15, -0.1) is 0 Å². The summed E-state index contributed by atoms with van der Waals surface area (Å²) in [6.45, 7) is 5.35. The molecule has 0 fully saturated rings. The standard InChI is InChI=1S/C22H27NO5/c1-5-27-19-11-8-17(14-21(19)28-6-2)15-23-22(24)12-9-16-7-10-18(25-3)20(13-16)26-4/h7-14H,5-6,15H2,1-4H3,(H,23,24)/b12-9+. The molecule has 6 nitrogen and oxygen atoms in total. The van der Waals surface area contributed by atoms with E-state index < -0.39 is 0 Å². The first kappa shape index (κ1) is 21.2. The number of rotatable bonds is 10. The molecule has 0 saturated heterocycles. The first-order valence-corrected chi connectivity index (χ1v) is 9.17. The van der Waals surface area contributed by atoms with Crippen molar-refractivity contribution in [3.05, 3.63) is 53.6 Å². The zero-order chi connectivity index (χ0) is 20.4. The van der Waals surface area contributed by atoms with Crippen LogP contribution in [-0.4, -0.2) is 33.3 Å². The SMILES string of the molecule is CCOc1ccc(CNC(=O)/C=C/c2ccc(OC)c(OC)c2)cc1OCC. The summed E-state index contributed by atoms with van der Waals surface area (Å²) in [7, 11) is 3.16. The Morgan fingerprint density at radius 2 is 1.57 bits per heavy atom. The molecular formula is C22H27NO5. The molecule has 0 aliphatic heterocycles. The van der Waals surface area contributed by atoms with Crippen LogP contribution in [0.5, 0.6) is 23.0 Å². The minimum absolute atomic E-state index is 0.193. The van der Waals surface area contributed by atoms with Gasteiger partial charge in [-0.1, -0.05) is 12.1 Å². The molecule has 0 atom stereocenters. The van der Waals surface area contributed by atoms with Crippen LogP contribution in [0.3, 0.4) is 0 Å². The molecule has 0 spiro atoms. The maximum absolute atomic E-state index is 12.1. The fourth-order valence-electron chi connectivity index (χ4n) is 2.58. The van der Waals surface area contributed by atoms with Crippen molar-refractivity contribution in [1.82, 2.24) is 5.32 Å². The molecule has 2 aromatic carbocycles. The van der Waals surface area contributed by atoms with E-state index in [1.165, 1.54) is 6.08 Å². The van der Waals surface area contributed by atoms with Crippen LogP contribution < -0.4 is 24.3 Å². The number of methoxy groups -OCH3 is 2. The molecule has 0 aliphatic carbocycles. The third-order valence-electron chi connectivity index (χ3n) is 3.91. The van der Waals surface area contributed by atoms with Crippen molar-refractivity contribution in [1.29, 1.82) is 0 Å². The zero-order valence-electron chi connectivity index (χ0n) is 16.8. The van der Waals surface area contributed by atoms with Crippen molar-refractivity contribution in [2.24, 2.45) is 0 Å². The molecule has 28 heavy (non-hydrogen) atoms. The summed E-state index contributed by atoms with van der Waals surface area (Å²) in [5.41, 5.74) is 1.77. The number of hydrogen-bond donors (Lipinski definition) is 1. The molecule has 0 saturated carbocycles. The second kappa shape index (κ2) is 10.9. The van der Waals surface area contributed by atoms with Crippen LogP contribution in [0, 0.1) is 0 Å². The second-order valence-electron chi connectivity index (χ2n) is 5.81. The van der Waals surface area contributed by atoms with E-state index in [0.717, 1.165) is 11.1 Å². The number of carbonyl (C=O) groups is 1. The number of nitrogens with one attached hydrogen (secondary N) is 1. The van der Waals surface area contributed by atoms with Crippen LogP contribution in [0.25, 0.3) is 6.08 Å². The van der Waals surface area contributed by atoms with Gasteiger partial charge in [-0.25, -0.2) is 0 Å². The zero-order valence-corrected chi connectivity index (χ0v) is 16.8. The molecule has 0 radical (unpaired) electrons. The quantitative estimate of drug-likeness (QED) is 0.630. The van der Waals surface area contributed by atoms with E-state index in [-0.39, 0.29) is 5.91 Å². The molecule has 2 rings (SSSR count). The molecule has 0 bridgehead atoms. The van der Waals surface area contributed by atoms with Gasteiger partial charge in [-0.3, -0.25) is 4.79 Å². The lowest BCUT2D eigenvalue weighted by Gasteiger charge is -2.12. The molecule has 2 aromatic rings. The highest BCUT2D eigenvalue weighted by molar-refractivity contribution is 5.91. The number of benzene rings is 2. The Bertz CT molecular complexity index is 817. The maximum Gasteiger partial charge on any atom is 0.244 e. The van der Waals surface area contributed by atoms with Gasteiger partial charge < -0.3 is 24.3 Å². The molecule has 0 heterocycles. The third-order valence-corrected chi connectivity index (χ3v) is 3.91. The largest absolute Gasteiger partial charge is 0.493 e. The number of hydrogen-bond acceptors (Lipinski definition) is 5. The highest BCUT2D eigenvalue weighted by Gasteiger charge is 2.07. The maximum atomic E-state index is 12.1. The van der Waals surface area contributed by atoms with Gasteiger partial charge in [-0.2, -0.15) is 0 Å². The summed E-state index contributed by atoms with van der Waals surface area (Å²) < 4.78 is 21.6. The van der Waals surface area contributed by atoms with Crippen molar-refractivity contribution in [3.8, 4) is 23.0 Å². The van der Waals surface area contributed by atoms with Crippen LogP contribution in [0.4, 0.5) is 0 Å². The van der Waals surface area contributed by atoms with Crippen molar-refractivity contribution in [2.45, 2.75) is 20.4 Å². The molecule has 0 aromatic heterocycles. The lowest BCUT2D eigenvalue weighted by molar-refractivity contribution is -0.116. The van der Waals surface area contributed by atoms with Gasteiger partial charge in [0, 0.05) is 12.6 Å². The summed E-state index contributed by atoms with van der Waals surface area (Å²) in [5, 5.41) is 2.86. The van der Waals surface area contributed by atoms with Gasteiger partial charge in [0.15, 0.2) is 23.0 Å². The number of ether oxygens (including phenoxy) is 4. The van der Waals surface area contributed by atoms with E-state index in [0.29, 0.717) is 42.8 Å². The molecule has 150 valence electrons. The van der Waals surface area contributed by atoms with Crippen molar-refractivity contribution >= 4 is 12.0 Å². The van der Waals surface area contributed by atoms with Gasteiger partial charge in [-0.05, 0) is 55.3 Å². The average molecular weight is 385 g/mol. The van der Waals surface area contributed by atoms with Gasteiger partial charge in [0.2, 0.25) is 5.91 Å². The minimum atomic E-state index is -0.193. The highest BCUT2D eigenvalue weighted by Crippen LogP contribution is 2.29. The summed E-state index contributed by atoms with van der Waals surface area (Å²) in [6.07, 6.45) is 3.21. The van der Waals surface area contributed by atoms with Crippen molar-refractivity contribution < 1.29 is 23.7 Å². The van der Waals surface area contributed by atoms with E-state index in [1.54, 1.807) is 26.4 Å². The smallest absolute Gasteiger partial charge is 0.244 e. The van der Waals surface area contributed by atoms with E-state index in [9.17, 15) is 4.79 Å². The van der Waals surface area contributed by atoms with Gasteiger partial charge in [0.05, 0.1) is 27.4 Å². The van der Waals surface area contributed by atoms with Crippen molar-refractivity contribution in [2.75, 3.05) is 27.4 Å². The van der Waals surface area contributed by atoms with E-state index >= 15 is 0 Å². The van der Waals surface area contributed by atoms with E-state index in [2.05, 4.69) is 5.32 Å². The van der Waals surface area contributed by atoms with E-state index in [4.69, 9.17) is 18.9 Å². The summed E-state index contributed by atoms with van der Waals surface area (Å²) in [4.78, 5) is 12.1. The van der Waals surface area contributed by atoms with E-state index in [1.807, 2.05) is 44.2 Å². The monoisotopic (exact) mass is 385 g/mol. The van der Waals surface area contributed by atoms with Crippen LogP contribution in [0.1, 0.15) is 25.0 Å². The molecular weight excluding hydrogens is 358 g/mol. The predicted octanol–water partition coefficient (Wildman–Crippen LogP) is 3.83. The van der Waals surface area contributed by atoms with Gasteiger partial charge >= 0.3 is 0 Å². The Labute approximate surface area is 166 Å². The molecule has 6 heteroatoms. The topological polar surface area (TPSA) is 66.0 Å². The highest BCUT2D eigenvalue weighted by atomic mass is 16.5. The second-order valence-corrected chi connectivity index (χ2v) is 5.81. The summed E-state index contributed by atoms with van der Waals surface area (Å²) in [6, 6.07) is 11.1. The number of carbonyl (C=O) groups excluding carboxylic acids is 1. The molecule has 1 amide bonds. The predicted molar refractivity (Wildman–Crippen MR) is 109 cm³/mol. The normalized spacial score (nSPS) is 10.6. The minimum Gasteiger partial charge on any atom is -0.493 e. The first-order chi connectivity index (χ1) is 13.6. The Kier molecular flexibility index (Phi) is 8.21. The Balaban J connectivity index is 1.98. The third kappa shape index (κ3) is 5.94. The van der Waals surface area contributed by atoms with Crippen LogP contribution in [-0.2, 0) is 11.3 Å². The van der Waals surface area contributed by atoms with Crippen LogP contribution in [0.15, 0.2) is 42.5 Å². The van der Waals surface area contributed by atoms with Gasteiger partial charge in [0.1, 0.15) is 0 Å². The Morgan fingerprint density at radius 3 is 2.25 bits per heavy atom. The molecule has 1 N–H and O–H groups in total. The Hall–Kier alpha value is -3.15. The number of amides is 1. The Morgan fingerprint density at radius 1 is 0.893 bits per heavy atom. The van der Waals surface area contributed by atoms with Crippen LogP contribution >= 0.6 is 0 Å². The summed E-state index contributed by atoms with van der Waals surface area (Å²) >= 11 is 0.